The van der Waals surface area contributed by atoms with Gasteiger partial charge in [-0.15, -0.1) is 0 Å². The summed E-state index contributed by atoms with van der Waals surface area (Å²) in [5, 5.41) is 4.40. The summed E-state index contributed by atoms with van der Waals surface area (Å²) >= 11 is 0. The number of piperidine rings is 1. The van der Waals surface area contributed by atoms with Crippen molar-refractivity contribution in [3.05, 3.63) is 50.6 Å². The van der Waals surface area contributed by atoms with Crippen molar-refractivity contribution in [2.45, 2.75) is 52.1 Å². The number of aromatic nitrogens is 4. The van der Waals surface area contributed by atoms with Crippen molar-refractivity contribution in [2.75, 3.05) is 13.1 Å². The summed E-state index contributed by atoms with van der Waals surface area (Å²) in [6, 6.07) is 5.11. The largest absolute Gasteiger partial charge is 0.345 e. The number of aryl methyl sites for hydroxylation is 2. The molecule has 3 heterocycles. The molecule has 0 radical (unpaired) electrons. The molecule has 8 nitrogen and oxygen atoms in total. The molecule has 0 spiro atoms. The molecule has 8 heteroatoms. The molecule has 1 amide bonds. The smallest absolute Gasteiger partial charge is 0.342 e. The number of carbonyl (C=O) groups excluding carboxylic acids is 1. The highest BCUT2D eigenvalue weighted by Gasteiger charge is 2.28. The second kappa shape index (κ2) is 7.94. The number of nitrogens with zero attached hydrogens (tertiary/aromatic N) is 5. The van der Waals surface area contributed by atoms with Crippen LogP contribution in [0.4, 0.5) is 0 Å². The Kier molecular flexibility index (Phi) is 5.62. The zero-order valence-corrected chi connectivity index (χ0v) is 16.2. The molecule has 0 aliphatic carbocycles. The van der Waals surface area contributed by atoms with Crippen molar-refractivity contribution >= 4 is 5.91 Å². The van der Waals surface area contributed by atoms with Gasteiger partial charge in [-0.2, -0.15) is 5.10 Å². The van der Waals surface area contributed by atoms with Gasteiger partial charge in [0.15, 0.2) is 0 Å². The standard InChI is InChI=1S/C19H27N5O3/c1-4-23-18(20-21(3)19(23)27)15-8-6-11-22(13-15)16(25)10-12-24-14(2)7-5-9-17(24)26/h5,7,9,15H,4,6,8,10-13H2,1-3H3. The first-order chi connectivity index (χ1) is 12.9. The van der Waals surface area contributed by atoms with Crippen LogP contribution in [0.2, 0.25) is 0 Å². The Morgan fingerprint density at radius 2 is 2.04 bits per heavy atom. The van der Waals surface area contributed by atoms with Gasteiger partial charge in [-0.25, -0.2) is 9.48 Å². The molecule has 2 aromatic rings. The van der Waals surface area contributed by atoms with Crippen LogP contribution in [0.3, 0.4) is 0 Å². The summed E-state index contributed by atoms with van der Waals surface area (Å²) in [7, 11) is 1.66. The summed E-state index contributed by atoms with van der Waals surface area (Å²) < 4.78 is 4.68. The molecule has 1 atom stereocenters. The number of carbonyl (C=O) groups is 1. The average Bonchev–Trinajstić information content (AvgIpc) is 2.95. The first-order valence-electron chi connectivity index (χ1n) is 9.50. The maximum Gasteiger partial charge on any atom is 0.345 e. The van der Waals surface area contributed by atoms with Gasteiger partial charge in [-0.05, 0) is 32.8 Å². The van der Waals surface area contributed by atoms with Crippen LogP contribution in [0.25, 0.3) is 0 Å². The van der Waals surface area contributed by atoms with Gasteiger partial charge in [0.25, 0.3) is 5.56 Å². The average molecular weight is 373 g/mol. The maximum atomic E-state index is 12.7. The van der Waals surface area contributed by atoms with Crippen LogP contribution in [0.15, 0.2) is 27.8 Å². The third-order valence-corrected chi connectivity index (χ3v) is 5.31. The molecule has 3 rings (SSSR count). The molecule has 1 saturated heterocycles. The Morgan fingerprint density at radius 3 is 2.74 bits per heavy atom. The Labute approximate surface area is 158 Å². The summed E-state index contributed by atoms with van der Waals surface area (Å²) in [4.78, 5) is 38.7. The lowest BCUT2D eigenvalue weighted by Gasteiger charge is -2.32. The molecule has 1 aliphatic heterocycles. The summed E-state index contributed by atoms with van der Waals surface area (Å²) in [6.45, 7) is 6.03. The lowest BCUT2D eigenvalue weighted by Crippen LogP contribution is -2.40. The van der Waals surface area contributed by atoms with Crippen molar-refractivity contribution in [1.82, 2.24) is 23.8 Å². The van der Waals surface area contributed by atoms with E-state index in [1.54, 1.807) is 22.2 Å². The Bertz CT molecular complexity index is 940. The number of amides is 1. The molecule has 1 aliphatic rings. The van der Waals surface area contributed by atoms with E-state index in [9.17, 15) is 14.4 Å². The van der Waals surface area contributed by atoms with Crippen molar-refractivity contribution in [3.8, 4) is 0 Å². The molecule has 1 fully saturated rings. The van der Waals surface area contributed by atoms with Crippen molar-refractivity contribution < 1.29 is 4.79 Å². The molecule has 2 aromatic heterocycles. The van der Waals surface area contributed by atoms with Crippen LogP contribution >= 0.6 is 0 Å². The van der Waals surface area contributed by atoms with Gasteiger partial charge >= 0.3 is 5.69 Å². The second-order valence-corrected chi connectivity index (χ2v) is 7.09. The van der Waals surface area contributed by atoms with E-state index in [1.807, 2.05) is 24.8 Å². The van der Waals surface area contributed by atoms with Gasteiger partial charge in [-0.3, -0.25) is 14.2 Å². The number of hydrogen-bond acceptors (Lipinski definition) is 4. The summed E-state index contributed by atoms with van der Waals surface area (Å²) in [6.07, 6.45) is 2.09. The van der Waals surface area contributed by atoms with E-state index in [-0.39, 0.29) is 23.1 Å². The Morgan fingerprint density at radius 1 is 1.26 bits per heavy atom. The van der Waals surface area contributed by atoms with Gasteiger partial charge in [0.1, 0.15) is 5.82 Å². The third kappa shape index (κ3) is 3.89. The number of likely N-dealkylation sites (tertiary alicyclic amines) is 1. The molecular formula is C19H27N5O3. The lowest BCUT2D eigenvalue weighted by atomic mass is 9.97. The minimum absolute atomic E-state index is 0.0381. The van der Waals surface area contributed by atoms with E-state index < -0.39 is 0 Å². The monoisotopic (exact) mass is 373 g/mol. The second-order valence-electron chi connectivity index (χ2n) is 7.09. The Balaban J connectivity index is 1.69. The lowest BCUT2D eigenvalue weighted by molar-refractivity contribution is -0.132. The predicted octanol–water partition coefficient (Wildman–Crippen LogP) is 0.868. The maximum absolute atomic E-state index is 12.7. The van der Waals surface area contributed by atoms with Crippen LogP contribution in [0.5, 0.6) is 0 Å². The fourth-order valence-corrected chi connectivity index (χ4v) is 3.81. The number of pyridine rings is 1. The molecule has 0 N–H and O–H groups in total. The zero-order chi connectivity index (χ0) is 19.6. The van der Waals surface area contributed by atoms with Gasteiger partial charge < -0.3 is 9.47 Å². The first-order valence-corrected chi connectivity index (χ1v) is 9.50. The van der Waals surface area contributed by atoms with Crippen LogP contribution in [0, 0.1) is 6.92 Å². The van der Waals surface area contributed by atoms with Crippen LogP contribution in [-0.4, -0.2) is 42.8 Å². The highest BCUT2D eigenvalue weighted by atomic mass is 16.2. The van der Waals surface area contributed by atoms with E-state index >= 15 is 0 Å². The van der Waals surface area contributed by atoms with Crippen LogP contribution in [-0.2, 0) is 24.9 Å². The Hall–Kier alpha value is -2.64. The minimum Gasteiger partial charge on any atom is -0.342 e. The molecule has 0 saturated carbocycles. The SMILES string of the molecule is CCn1c(C2CCCN(C(=O)CCn3c(C)cccc3=O)C2)nn(C)c1=O. The van der Waals surface area contributed by atoms with Crippen LogP contribution < -0.4 is 11.2 Å². The van der Waals surface area contributed by atoms with E-state index in [1.165, 1.54) is 10.7 Å². The van der Waals surface area contributed by atoms with Gasteiger partial charge in [0.05, 0.1) is 0 Å². The van der Waals surface area contributed by atoms with E-state index in [2.05, 4.69) is 5.10 Å². The van der Waals surface area contributed by atoms with Gasteiger partial charge in [0, 0.05) is 57.3 Å². The molecule has 0 bridgehead atoms. The minimum atomic E-state index is -0.116. The topological polar surface area (TPSA) is 82.1 Å². The molecule has 0 aromatic carbocycles. The van der Waals surface area contributed by atoms with Crippen molar-refractivity contribution in [2.24, 2.45) is 7.05 Å². The van der Waals surface area contributed by atoms with E-state index in [0.717, 1.165) is 24.4 Å². The van der Waals surface area contributed by atoms with Crippen LogP contribution in [0.1, 0.15) is 43.6 Å². The number of hydrogen-bond donors (Lipinski definition) is 0. The van der Waals surface area contributed by atoms with E-state index in [4.69, 9.17) is 0 Å². The molecular weight excluding hydrogens is 346 g/mol. The van der Waals surface area contributed by atoms with Crippen molar-refractivity contribution in [3.63, 3.8) is 0 Å². The highest BCUT2D eigenvalue weighted by Crippen LogP contribution is 2.25. The predicted molar refractivity (Wildman–Crippen MR) is 102 cm³/mol. The first kappa shape index (κ1) is 19.1. The third-order valence-electron chi connectivity index (χ3n) is 5.31. The fourth-order valence-electron chi connectivity index (χ4n) is 3.81. The quantitative estimate of drug-likeness (QED) is 0.779. The van der Waals surface area contributed by atoms with Crippen molar-refractivity contribution in [1.29, 1.82) is 0 Å². The summed E-state index contributed by atoms with van der Waals surface area (Å²) in [5.74, 6) is 0.867. The molecule has 1 unspecified atom stereocenters. The molecule has 27 heavy (non-hydrogen) atoms. The van der Waals surface area contributed by atoms with E-state index in [0.29, 0.717) is 32.6 Å². The van der Waals surface area contributed by atoms with Gasteiger partial charge in [0.2, 0.25) is 5.91 Å². The number of rotatable bonds is 5. The normalized spacial score (nSPS) is 17.3. The van der Waals surface area contributed by atoms with Gasteiger partial charge in [-0.1, -0.05) is 6.07 Å². The zero-order valence-electron chi connectivity index (χ0n) is 16.2. The molecule has 146 valence electrons. The fraction of sp³-hybridized carbons (Fsp3) is 0.579. The summed E-state index contributed by atoms with van der Waals surface area (Å²) in [5.41, 5.74) is 0.655. The highest BCUT2D eigenvalue weighted by molar-refractivity contribution is 5.76.